The van der Waals surface area contributed by atoms with Crippen molar-refractivity contribution >= 4 is 11.6 Å². The Bertz CT molecular complexity index is 1500. The van der Waals surface area contributed by atoms with E-state index in [-0.39, 0.29) is 64.8 Å². The molecule has 4 N–H and O–H groups in total. The zero-order chi connectivity index (χ0) is 26.8. The average Bonchev–Trinajstić information content (AvgIpc) is 2.89. The Kier molecular flexibility index (Phi) is 6.62. The lowest BCUT2D eigenvalue weighted by atomic mass is 9.95. The first-order chi connectivity index (χ1) is 18.3. The van der Waals surface area contributed by atoms with Crippen LogP contribution in [-0.2, 0) is 0 Å². The van der Waals surface area contributed by atoms with Crippen molar-refractivity contribution in [2.45, 2.75) is 25.0 Å². The van der Waals surface area contributed by atoms with Gasteiger partial charge in [-0.1, -0.05) is 48.5 Å². The summed E-state index contributed by atoms with van der Waals surface area (Å²) >= 11 is 0. The molecule has 8 heteroatoms. The molecule has 0 saturated carbocycles. The number of carbonyl (C=O) groups is 2. The second-order valence-corrected chi connectivity index (χ2v) is 8.96. The third-order valence-corrected chi connectivity index (χ3v) is 6.34. The van der Waals surface area contributed by atoms with Gasteiger partial charge in [0.05, 0.1) is 12.8 Å². The van der Waals surface area contributed by atoms with Crippen molar-refractivity contribution in [2.24, 2.45) is 0 Å². The van der Waals surface area contributed by atoms with E-state index in [0.29, 0.717) is 11.3 Å². The Balaban J connectivity index is 0.000000156. The van der Waals surface area contributed by atoms with Gasteiger partial charge >= 0.3 is 0 Å². The third-order valence-electron chi connectivity index (χ3n) is 6.34. The van der Waals surface area contributed by atoms with Gasteiger partial charge in [0, 0.05) is 12.1 Å². The minimum absolute atomic E-state index is 0.0102. The molecule has 0 aliphatic carbocycles. The predicted molar refractivity (Wildman–Crippen MR) is 137 cm³/mol. The lowest BCUT2D eigenvalue weighted by molar-refractivity contribution is 0.0835. The van der Waals surface area contributed by atoms with Crippen LogP contribution in [-0.4, -0.2) is 32.0 Å². The number of phenolic OH excluding ortho intramolecular Hbond substituents is 4. The quantitative estimate of drug-likeness (QED) is 0.272. The molecule has 2 aliphatic heterocycles. The number of benzene rings is 4. The predicted octanol–water partition coefficient (Wildman–Crippen LogP) is 5.61. The number of hydrogen-bond donors (Lipinski definition) is 4. The van der Waals surface area contributed by atoms with Crippen LogP contribution in [0.1, 0.15) is 56.9 Å². The molecular weight excluding hydrogens is 488 g/mol. The van der Waals surface area contributed by atoms with Crippen LogP contribution in [0.2, 0.25) is 0 Å². The summed E-state index contributed by atoms with van der Waals surface area (Å²) in [5, 5.41) is 38.1. The molecule has 0 radical (unpaired) electrons. The van der Waals surface area contributed by atoms with Gasteiger partial charge in [0.2, 0.25) is 0 Å². The Morgan fingerprint density at radius 3 is 1.79 bits per heavy atom. The number of aromatic hydroxyl groups is 4. The van der Waals surface area contributed by atoms with E-state index in [1.165, 1.54) is 24.3 Å². The van der Waals surface area contributed by atoms with Gasteiger partial charge in [-0.05, 0) is 35.4 Å². The first-order valence-electron chi connectivity index (χ1n) is 11.9. The Morgan fingerprint density at radius 2 is 1.13 bits per heavy atom. The van der Waals surface area contributed by atoms with Crippen LogP contribution in [0.3, 0.4) is 0 Å². The summed E-state index contributed by atoms with van der Waals surface area (Å²) in [4.78, 5) is 24.1. The van der Waals surface area contributed by atoms with Crippen LogP contribution >= 0.6 is 0 Å². The summed E-state index contributed by atoms with van der Waals surface area (Å²) < 4.78 is 11.5. The van der Waals surface area contributed by atoms with E-state index in [9.17, 15) is 30.0 Å². The standard InChI is InChI=1S/C15H12O5.C15H12O3/c16-9-3-1-8(2-4-9)13-7-12(19)15-11(18)5-10(17)6-14(15)20-13;16-11-7-4-8-13-15(11)12(17)9-14(18-13)10-5-2-1-3-6-10/h1-6,13,16-18H,7H2;1-8,14,16H,9H2/t13-;/m0./s1. The highest BCUT2D eigenvalue weighted by atomic mass is 16.5. The molecule has 38 heavy (non-hydrogen) atoms. The fourth-order valence-electron chi connectivity index (χ4n) is 4.52. The lowest BCUT2D eigenvalue weighted by Gasteiger charge is -2.26. The third kappa shape index (κ3) is 4.97. The van der Waals surface area contributed by atoms with Gasteiger partial charge < -0.3 is 29.9 Å². The first kappa shape index (κ1) is 24.7. The second-order valence-electron chi connectivity index (χ2n) is 8.96. The van der Waals surface area contributed by atoms with E-state index < -0.39 is 6.10 Å². The largest absolute Gasteiger partial charge is 0.508 e. The maximum atomic E-state index is 12.1. The molecule has 0 spiro atoms. The van der Waals surface area contributed by atoms with Crippen molar-refractivity contribution in [1.82, 2.24) is 0 Å². The lowest BCUT2D eigenvalue weighted by Crippen LogP contribution is -2.20. The maximum Gasteiger partial charge on any atom is 0.174 e. The van der Waals surface area contributed by atoms with Crippen molar-refractivity contribution in [1.29, 1.82) is 0 Å². The fourth-order valence-corrected chi connectivity index (χ4v) is 4.52. The molecule has 0 fully saturated rings. The van der Waals surface area contributed by atoms with Crippen LogP contribution in [0.4, 0.5) is 0 Å². The van der Waals surface area contributed by atoms with Gasteiger partial charge in [0.25, 0.3) is 0 Å². The van der Waals surface area contributed by atoms with Crippen molar-refractivity contribution in [2.75, 3.05) is 0 Å². The van der Waals surface area contributed by atoms with Crippen LogP contribution in [0.25, 0.3) is 0 Å². The van der Waals surface area contributed by atoms with Gasteiger partial charge in [-0.3, -0.25) is 9.59 Å². The number of carbonyl (C=O) groups excluding carboxylic acids is 2. The number of Topliss-reactive ketones (excluding diaryl/α,β-unsaturated/α-hetero) is 2. The monoisotopic (exact) mass is 512 g/mol. The van der Waals surface area contributed by atoms with Crippen molar-refractivity contribution in [3.8, 4) is 34.5 Å². The number of ether oxygens (including phenoxy) is 2. The molecule has 4 aromatic carbocycles. The molecule has 6 rings (SSSR count). The molecule has 0 bridgehead atoms. The van der Waals surface area contributed by atoms with Crippen molar-refractivity contribution < 1.29 is 39.5 Å². The van der Waals surface area contributed by atoms with E-state index in [4.69, 9.17) is 9.47 Å². The van der Waals surface area contributed by atoms with Crippen LogP contribution in [0.5, 0.6) is 34.5 Å². The van der Waals surface area contributed by atoms with E-state index in [2.05, 4.69) is 0 Å². The SMILES string of the molecule is O=C1CC(c2ccccc2)Oc2cccc(O)c21.O=C1C[C@@H](c2ccc(O)cc2)Oc2cc(O)cc(O)c21. The highest BCUT2D eigenvalue weighted by molar-refractivity contribution is 6.03. The van der Waals surface area contributed by atoms with E-state index in [1.807, 2.05) is 30.3 Å². The van der Waals surface area contributed by atoms with E-state index >= 15 is 0 Å². The Morgan fingerprint density at radius 1 is 0.553 bits per heavy atom. The van der Waals surface area contributed by atoms with E-state index in [0.717, 1.165) is 17.2 Å². The first-order valence-corrected chi connectivity index (χ1v) is 11.9. The van der Waals surface area contributed by atoms with Gasteiger partial charge in [-0.2, -0.15) is 0 Å². The van der Waals surface area contributed by atoms with Crippen LogP contribution in [0, 0.1) is 0 Å². The highest BCUT2D eigenvalue weighted by Gasteiger charge is 2.31. The zero-order valence-corrected chi connectivity index (χ0v) is 20.1. The molecule has 0 aromatic heterocycles. The molecular formula is C30H24O8. The second kappa shape index (κ2) is 10.2. The van der Waals surface area contributed by atoms with Crippen LogP contribution < -0.4 is 9.47 Å². The highest BCUT2D eigenvalue weighted by Crippen LogP contribution is 2.42. The topological polar surface area (TPSA) is 134 Å². The molecule has 4 aromatic rings. The van der Waals surface area contributed by atoms with Crippen molar-refractivity contribution in [3.05, 3.63) is 107 Å². The number of rotatable bonds is 2. The molecule has 2 atom stereocenters. The number of hydrogen-bond acceptors (Lipinski definition) is 8. The maximum absolute atomic E-state index is 12.1. The minimum atomic E-state index is -0.503. The summed E-state index contributed by atoms with van der Waals surface area (Å²) in [5.41, 5.74) is 2.10. The number of phenols is 4. The Hall–Kier alpha value is -4.98. The summed E-state index contributed by atoms with van der Waals surface area (Å²) in [6.45, 7) is 0. The Labute approximate surface area is 218 Å². The summed E-state index contributed by atoms with van der Waals surface area (Å²) in [7, 11) is 0. The molecule has 8 nitrogen and oxygen atoms in total. The smallest absolute Gasteiger partial charge is 0.174 e. The molecule has 2 heterocycles. The molecule has 0 amide bonds. The van der Waals surface area contributed by atoms with Gasteiger partial charge in [-0.25, -0.2) is 0 Å². The zero-order valence-electron chi connectivity index (χ0n) is 20.1. The normalized spacial score (nSPS) is 17.7. The van der Waals surface area contributed by atoms with Gasteiger partial charge in [-0.15, -0.1) is 0 Å². The summed E-state index contributed by atoms with van der Waals surface area (Å²) in [5.74, 6) is -0.0351. The van der Waals surface area contributed by atoms with Crippen molar-refractivity contribution in [3.63, 3.8) is 0 Å². The minimum Gasteiger partial charge on any atom is -0.508 e. The van der Waals surface area contributed by atoms with Gasteiger partial charge in [0.15, 0.2) is 11.6 Å². The summed E-state index contributed by atoms with van der Waals surface area (Å²) in [6.07, 6.45) is -0.421. The fraction of sp³-hybridized carbons (Fsp3) is 0.133. The number of fused-ring (bicyclic) bond motifs is 2. The van der Waals surface area contributed by atoms with E-state index in [1.54, 1.807) is 24.3 Å². The summed E-state index contributed by atoms with van der Waals surface area (Å²) in [6, 6.07) is 23.3. The molecule has 0 saturated heterocycles. The molecule has 1 unspecified atom stereocenters. The molecule has 2 aliphatic rings. The molecule has 192 valence electrons. The number of ketones is 2. The van der Waals surface area contributed by atoms with Crippen LogP contribution in [0.15, 0.2) is 84.9 Å². The van der Waals surface area contributed by atoms with Gasteiger partial charge in [0.1, 0.15) is 57.8 Å². The average molecular weight is 513 g/mol.